The van der Waals surface area contributed by atoms with E-state index in [1.807, 2.05) is 38.1 Å². The summed E-state index contributed by atoms with van der Waals surface area (Å²) < 4.78 is 11.5. The monoisotopic (exact) mass is 396 g/mol. The Labute approximate surface area is 149 Å². The molecule has 0 fully saturated rings. The lowest BCUT2D eigenvalue weighted by Gasteiger charge is -2.28. The van der Waals surface area contributed by atoms with Crippen LogP contribution < -0.4 is 10.6 Å². The summed E-state index contributed by atoms with van der Waals surface area (Å²) in [6, 6.07) is 6.53. The molecule has 0 aromatic heterocycles. The van der Waals surface area contributed by atoms with Crippen molar-refractivity contribution in [2.45, 2.75) is 32.9 Å². The smallest absolute Gasteiger partial charge is 0.338 e. The molecule has 1 atom stereocenters. The Balaban J connectivity index is 2.17. The number of rotatable bonds is 6. The molecule has 24 heavy (non-hydrogen) atoms. The van der Waals surface area contributed by atoms with Gasteiger partial charge in [-0.2, -0.15) is 0 Å². The van der Waals surface area contributed by atoms with Crippen molar-refractivity contribution in [3.8, 4) is 0 Å². The molecule has 1 aromatic carbocycles. The van der Waals surface area contributed by atoms with Gasteiger partial charge in [-0.25, -0.2) is 9.59 Å². The number of halogens is 1. The predicted molar refractivity (Wildman–Crippen MR) is 93.3 cm³/mol. The molecule has 1 unspecified atom stereocenters. The fourth-order valence-corrected chi connectivity index (χ4v) is 2.81. The molecule has 1 aliphatic rings. The van der Waals surface area contributed by atoms with Crippen LogP contribution in [0, 0.1) is 0 Å². The quantitative estimate of drug-likeness (QED) is 0.572. The summed E-state index contributed by atoms with van der Waals surface area (Å²) in [5.41, 5.74) is 1.67. The molecule has 0 saturated heterocycles. The summed E-state index contributed by atoms with van der Waals surface area (Å²) >= 11 is 3.40. The van der Waals surface area contributed by atoms with Crippen LogP contribution in [0.3, 0.4) is 0 Å². The highest BCUT2D eigenvalue weighted by molar-refractivity contribution is 9.10. The number of carbonyl (C=O) groups excluding carboxylic acids is 2. The molecule has 1 aliphatic heterocycles. The first kappa shape index (κ1) is 18.5. The van der Waals surface area contributed by atoms with Crippen molar-refractivity contribution in [3.05, 3.63) is 45.6 Å². The maximum atomic E-state index is 12.5. The van der Waals surface area contributed by atoms with Crippen LogP contribution in [0.4, 0.5) is 4.79 Å². The minimum Gasteiger partial charge on any atom is -0.460 e. The van der Waals surface area contributed by atoms with E-state index in [4.69, 9.17) is 9.47 Å². The van der Waals surface area contributed by atoms with E-state index in [-0.39, 0.29) is 18.7 Å². The number of carbonyl (C=O) groups is 2. The molecule has 130 valence electrons. The number of benzene rings is 1. The van der Waals surface area contributed by atoms with Gasteiger partial charge in [-0.1, -0.05) is 28.1 Å². The number of hydrogen-bond acceptors (Lipinski definition) is 4. The van der Waals surface area contributed by atoms with Gasteiger partial charge in [-0.05, 0) is 38.5 Å². The number of allylic oxidation sites excluding steroid dienone is 1. The Morgan fingerprint density at radius 3 is 2.75 bits per heavy atom. The highest BCUT2D eigenvalue weighted by Crippen LogP contribution is 2.29. The first-order valence-corrected chi connectivity index (χ1v) is 8.50. The van der Waals surface area contributed by atoms with E-state index < -0.39 is 12.0 Å². The molecular formula is C17H21BrN2O4. The maximum absolute atomic E-state index is 12.5. The molecule has 0 bridgehead atoms. The van der Waals surface area contributed by atoms with E-state index in [1.54, 1.807) is 6.92 Å². The highest BCUT2D eigenvalue weighted by atomic mass is 79.9. The Morgan fingerprint density at radius 1 is 1.33 bits per heavy atom. The van der Waals surface area contributed by atoms with E-state index in [1.165, 1.54) is 0 Å². The van der Waals surface area contributed by atoms with Crippen molar-refractivity contribution in [1.29, 1.82) is 0 Å². The second kappa shape index (κ2) is 8.30. The molecule has 0 saturated carbocycles. The zero-order valence-electron chi connectivity index (χ0n) is 13.9. The van der Waals surface area contributed by atoms with Gasteiger partial charge in [-0.15, -0.1) is 0 Å². The minimum atomic E-state index is -0.560. The van der Waals surface area contributed by atoms with Gasteiger partial charge >= 0.3 is 12.0 Å². The average Bonchev–Trinajstić information content (AvgIpc) is 2.50. The molecule has 0 spiro atoms. The van der Waals surface area contributed by atoms with Crippen LogP contribution in [-0.4, -0.2) is 31.3 Å². The molecule has 6 nitrogen and oxygen atoms in total. The second-order valence-electron chi connectivity index (χ2n) is 5.68. The van der Waals surface area contributed by atoms with Gasteiger partial charge < -0.3 is 20.1 Å². The number of urea groups is 1. The largest absolute Gasteiger partial charge is 0.460 e. The number of ether oxygens (including phenoxy) is 2. The van der Waals surface area contributed by atoms with E-state index in [0.717, 1.165) is 10.0 Å². The molecule has 2 rings (SSSR count). The second-order valence-corrected chi connectivity index (χ2v) is 6.60. The summed E-state index contributed by atoms with van der Waals surface area (Å²) in [6.07, 6.45) is 0.0784. The van der Waals surface area contributed by atoms with E-state index in [2.05, 4.69) is 26.6 Å². The Bertz CT molecular complexity index is 658. The Morgan fingerprint density at radius 2 is 2.08 bits per heavy atom. The SMILES string of the molecule is CC1=C(C(=O)OCCOC(C)C)C(c2cccc(Br)c2)NC(=O)N1. The lowest BCUT2D eigenvalue weighted by Crippen LogP contribution is -2.45. The van der Waals surface area contributed by atoms with Crippen molar-refractivity contribution in [2.75, 3.05) is 13.2 Å². The van der Waals surface area contributed by atoms with Crippen LogP contribution in [-0.2, 0) is 14.3 Å². The summed E-state index contributed by atoms with van der Waals surface area (Å²) in [5, 5.41) is 5.39. The third-order valence-corrected chi connectivity index (χ3v) is 3.93. The van der Waals surface area contributed by atoms with Gasteiger partial charge in [0.2, 0.25) is 0 Å². The van der Waals surface area contributed by atoms with Gasteiger partial charge in [0.15, 0.2) is 0 Å². The molecular weight excluding hydrogens is 376 g/mol. The first-order chi connectivity index (χ1) is 11.4. The third-order valence-electron chi connectivity index (χ3n) is 3.44. The van der Waals surface area contributed by atoms with Crippen molar-refractivity contribution in [3.63, 3.8) is 0 Å². The molecule has 1 heterocycles. The third kappa shape index (κ3) is 4.82. The highest BCUT2D eigenvalue weighted by Gasteiger charge is 2.32. The molecule has 2 amide bonds. The standard InChI is InChI=1S/C17H21BrN2O4/c1-10(2)23-7-8-24-16(21)14-11(3)19-17(22)20-15(14)12-5-4-6-13(18)9-12/h4-6,9-10,15H,7-8H2,1-3H3,(H2,19,20,22). The minimum absolute atomic E-state index is 0.0784. The van der Waals surface area contributed by atoms with Crippen LogP contribution in [0.2, 0.25) is 0 Å². The molecule has 7 heteroatoms. The number of esters is 1. The van der Waals surface area contributed by atoms with Gasteiger partial charge in [0.25, 0.3) is 0 Å². The molecule has 0 radical (unpaired) electrons. The maximum Gasteiger partial charge on any atom is 0.338 e. The molecule has 1 aromatic rings. The summed E-state index contributed by atoms with van der Waals surface area (Å²) in [6.45, 7) is 6.01. The van der Waals surface area contributed by atoms with Crippen molar-refractivity contribution >= 4 is 27.9 Å². The van der Waals surface area contributed by atoms with Crippen LogP contribution in [0.25, 0.3) is 0 Å². The van der Waals surface area contributed by atoms with Gasteiger partial charge in [0.05, 0.1) is 24.3 Å². The fourth-order valence-electron chi connectivity index (χ4n) is 2.40. The summed E-state index contributed by atoms with van der Waals surface area (Å²) in [7, 11) is 0. The van der Waals surface area contributed by atoms with Gasteiger partial charge in [-0.3, -0.25) is 0 Å². The number of amides is 2. The fraction of sp³-hybridized carbons (Fsp3) is 0.412. The van der Waals surface area contributed by atoms with Crippen LogP contribution in [0.15, 0.2) is 40.0 Å². The van der Waals surface area contributed by atoms with Crippen LogP contribution in [0.1, 0.15) is 32.4 Å². The Kier molecular flexibility index (Phi) is 6.39. The van der Waals surface area contributed by atoms with Crippen molar-refractivity contribution in [2.24, 2.45) is 0 Å². The van der Waals surface area contributed by atoms with Crippen molar-refractivity contribution in [1.82, 2.24) is 10.6 Å². The normalized spacial score (nSPS) is 17.5. The lowest BCUT2D eigenvalue weighted by molar-refractivity contribution is -0.141. The summed E-state index contributed by atoms with van der Waals surface area (Å²) in [5.74, 6) is -0.475. The topological polar surface area (TPSA) is 76.7 Å². The van der Waals surface area contributed by atoms with E-state index in [0.29, 0.717) is 17.9 Å². The van der Waals surface area contributed by atoms with Crippen LogP contribution in [0.5, 0.6) is 0 Å². The van der Waals surface area contributed by atoms with Gasteiger partial charge in [0.1, 0.15) is 6.61 Å². The number of nitrogens with one attached hydrogen (secondary N) is 2. The summed E-state index contributed by atoms with van der Waals surface area (Å²) in [4.78, 5) is 24.3. The van der Waals surface area contributed by atoms with Crippen molar-refractivity contribution < 1.29 is 19.1 Å². The number of hydrogen-bond donors (Lipinski definition) is 2. The lowest BCUT2D eigenvalue weighted by atomic mass is 9.96. The van der Waals surface area contributed by atoms with E-state index in [9.17, 15) is 9.59 Å². The van der Waals surface area contributed by atoms with E-state index >= 15 is 0 Å². The first-order valence-electron chi connectivity index (χ1n) is 7.71. The van der Waals surface area contributed by atoms with Crippen LogP contribution >= 0.6 is 15.9 Å². The molecule has 2 N–H and O–H groups in total. The Hall–Kier alpha value is -1.86. The average molecular weight is 397 g/mol. The zero-order chi connectivity index (χ0) is 17.7. The predicted octanol–water partition coefficient (Wildman–Crippen LogP) is 3.05. The molecule has 0 aliphatic carbocycles. The van der Waals surface area contributed by atoms with Gasteiger partial charge in [0, 0.05) is 10.2 Å². The zero-order valence-corrected chi connectivity index (χ0v) is 15.5.